The molecule has 0 aromatic carbocycles. The van der Waals surface area contributed by atoms with E-state index in [9.17, 15) is 9.59 Å². The Morgan fingerprint density at radius 2 is 2.17 bits per heavy atom. The maximum Gasteiger partial charge on any atom is 0.245 e. The van der Waals surface area contributed by atoms with E-state index in [0.717, 1.165) is 9.75 Å². The smallest absolute Gasteiger partial charge is 0.245 e. The van der Waals surface area contributed by atoms with Crippen molar-refractivity contribution in [2.45, 2.75) is 27.2 Å². The molecule has 1 N–H and O–H groups in total. The van der Waals surface area contributed by atoms with Gasteiger partial charge >= 0.3 is 0 Å². The van der Waals surface area contributed by atoms with Gasteiger partial charge in [0, 0.05) is 22.5 Å². The van der Waals surface area contributed by atoms with E-state index in [4.69, 9.17) is 0 Å². The summed E-state index contributed by atoms with van der Waals surface area (Å²) < 4.78 is 0. The van der Waals surface area contributed by atoms with Gasteiger partial charge in [-0.15, -0.1) is 22.7 Å². The minimum atomic E-state index is -0.209. The molecule has 0 spiro atoms. The van der Waals surface area contributed by atoms with Crippen LogP contribution in [0.2, 0.25) is 0 Å². The fourth-order valence-corrected chi connectivity index (χ4v) is 3.49. The minimum Gasteiger partial charge on any atom is -0.333 e. The number of nitrogens with zero attached hydrogens (tertiary/aromatic N) is 2. The molecule has 7 heteroatoms. The molecule has 23 heavy (non-hydrogen) atoms. The molecule has 0 saturated carbocycles. The number of carbonyl (C=O) groups excluding carboxylic acids is 2. The number of aromatic nitrogens is 1. The van der Waals surface area contributed by atoms with Gasteiger partial charge in [0.25, 0.3) is 0 Å². The lowest BCUT2D eigenvalue weighted by Gasteiger charge is -2.23. The van der Waals surface area contributed by atoms with E-state index < -0.39 is 0 Å². The molecule has 2 rings (SSSR count). The van der Waals surface area contributed by atoms with Crippen LogP contribution in [0.1, 0.15) is 23.6 Å². The van der Waals surface area contributed by atoms with Crippen molar-refractivity contribution < 1.29 is 9.59 Å². The maximum atomic E-state index is 12.5. The Morgan fingerprint density at radius 1 is 1.39 bits per heavy atom. The molecule has 0 saturated heterocycles. The molecule has 0 aliphatic rings. The first-order valence-electron chi connectivity index (χ1n) is 7.46. The summed E-state index contributed by atoms with van der Waals surface area (Å²) in [5, 5.41) is 5.28. The standard InChI is InChI=1S/C16H21N3O2S2/c1-11(2)9-19(15(21)7-13-5-4-6-22-13)10-14(20)18-16-17-8-12(3)23-16/h4-6,8,11H,7,9-10H2,1-3H3,(H,17,18,20). The second-order valence-electron chi connectivity index (χ2n) is 5.75. The van der Waals surface area contributed by atoms with Crippen LogP contribution in [0.4, 0.5) is 5.13 Å². The quantitative estimate of drug-likeness (QED) is 0.833. The van der Waals surface area contributed by atoms with E-state index in [-0.39, 0.29) is 18.4 Å². The van der Waals surface area contributed by atoms with E-state index in [0.29, 0.717) is 24.0 Å². The summed E-state index contributed by atoms with van der Waals surface area (Å²) in [5.41, 5.74) is 0. The molecule has 0 bridgehead atoms. The summed E-state index contributed by atoms with van der Waals surface area (Å²) in [6.45, 7) is 6.62. The number of anilines is 1. The van der Waals surface area contributed by atoms with Gasteiger partial charge in [-0.2, -0.15) is 0 Å². The predicted molar refractivity (Wildman–Crippen MR) is 94.9 cm³/mol. The monoisotopic (exact) mass is 351 g/mol. The third-order valence-corrected chi connectivity index (χ3v) is 4.75. The molecule has 2 aromatic rings. The van der Waals surface area contributed by atoms with Crippen LogP contribution in [0.5, 0.6) is 0 Å². The number of carbonyl (C=O) groups is 2. The Labute approximate surface area is 144 Å². The van der Waals surface area contributed by atoms with E-state index >= 15 is 0 Å². The average molecular weight is 351 g/mol. The maximum absolute atomic E-state index is 12.5. The Morgan fingerprint density at radius 3 is 2.74 bits per heavy atom. The van der Waals surface area contributed by atoms with E-state index in [2.05, 4.69) is 10.3 Å². The van der Waals surface area contributed by atoms with Crippen molar-refractivity contribution in [3.63, 3.8) is 0 Å². The highest BCUT2D eigenvalue weighted by atomic mass is 32.1. The van der Waals surface area contributed by atoms with Gasteiger partial charge in [-0.05, 0) is 24.3 Å². The van der Waals surface area contributed by atoms with Crippen LogP contribution < -0.4 is 5.32 Å². The van der Waals surface area contributed by atoms with Gasteiger partial charge in [0.1, 0.15) is 0 Å². The van der Waals surface area contributed by atoms with Crippen molar-refractivity contribution >= 4 is 39.6 Å². The zero-order valence-electron chi connectivity index (χ0n) is 13.5. The largest absolute Gasteiger partial charge is 0.333 e. The summed E-state index contributed by atoms with van der Waals surface area (Å²) in [6, 6.07) is 3.87. The molecule has 0 unspecified atom stereocenters. The molecule has 5 nitrogen and oxygen atoms in total. The summed E-state index contributed by atoms with van der Waals surface area (Å²) >= 11 is 2.98. The number of thiazole rings is 1. The van der Waals surface area contributed by atoms with Crippen LogP contribution in [0.3, 0.4) is 0 Å². The topological polar surface area (TPSA) is 62.3 Å². The van der Waals surface area contributed by atoms with Crippen molar-refractivity contribution in [2.75, 3.05) is 18.4 Å². The summed E-state index contributed by atoms with van der Waals surface area (Å²) in [4.78, 5) is 32.5. The second kappa shape index (κ2) is 8.21. The number of nitrogens with one attached hydrogen (secondary N) is 1. The first-order valence-corrected chi connectivity index (χ1v) is 9.16. The van der Waals surface area contributed by atoms with Gasteiger partial charge in [0.2, 0.25) is 11.8 Å². The van der Waals surface area contributed by atoms with E-state index in [1.165, 1.54) is 11.3 Å². The van der Waals surface area contributed by atoms with E-state index in [1.807, 2.05) is 38.3 Å². The third kappa shape index (κ3) is 5.76. The minimum absolute atomic E-state index is 0.0216. The Hall–Kier alpha value is -1.73. The second-order valence-corrected chi connectivity index (χ2v) is 8.02. The highest BCUT2D eigenvalue weighted by Gasteiger charge is 2.19. The SMILES string of the molecule is Cc1cnc(NC(=O)CN(CC(C)C)C(=O)Cc2cccs2)s1. The van der Waals surface area contributed by atoms with Crippen LogP contribution in [-0.2, 0) is 16.0 Å². The number of hydrogen-bond acceptors (Lipinski definition) is 5. The first kappa shape index (κ1) is 17.6. The zero-order valence-corrected chi connectivity index (χ0v) is 15.2. The summed E-state index contributed by atoms with van der Waals surface area (Å²) in [5.74, 6) is 0.0725. The molecular weight excluding hydrogens is 330 g/mol. The van der Waals surface area contributed by atoms with Crippen molar-refractivity contribution in [1.82, 2.24) is 9.88 Å². The lowest BCUT2D eigenvalue weighted by Crippen LogP contribution is -2.40. The highest BCUT2D eigenvalue weighted by Crippen LogP contribution is 2.16. The van der Waals surface area contributed by atoms with E-state index in [1.54, 1.807) is 22.4 Å². The Bertz CT molecular complexity index is 650. The van der Waals surface area contributed by atoms with Gasteiger partial charge in [-0.3, -0.25) is 9.59 Å². The van der Waals surface area contributed by atoms with Gasteiger partial charge in [-0.25, -0.2) is 4.98 Å². The summed E-state index contributed by atoms with van der Waals surface area (Å²) in [6.07, 6.45) is 2.06. The average Bonchev–Trinajstić information content (AvgIpc) is 3.09. The van der Waals surface area contributed by atoms with Crippen molar-refractivity contribution in [1.29, 1.82) is 0 Å². The fourth-order valence-electron chi connectivity index (χ4n) is 2.11. The van der Waals surface area contributed by atoms with Crippen LogP contribution in [0.25, 0.3) is 0 Å². The van der Waals surface area contributed by atoms with Crippen molar-refractivity contribution in [3.8, 4) is 0 Å². The number of rotatable bonds is 7. The van der Waals surface area contributed by atoms with Crippen molar-refractivity contribution in [2.24, 2.45) is 5.92 Å². The molecule has 0 radical (unpaired) electrons. The molecular formula is C16H21N3O2S2. The first-order chi connectivity index (χ1) is 10.9. The Kier molecular flexibility index (Phi) is 6.29. The van der Waals surface area contributed by atoms with Gasteiger partial charge in [0.15, 0.2) is 5.13 Å². The van der Waals surface area contributed by atoms with Crippen LogP contribution in [-0.4, -0.2) is 34.8 Å². The lowest BCUT2D eigenvalue weighted by atomic mass is 10.2. The summed E-state index contributed by atoms with van der Waals surface area (Å²) in [7, 11) is 0. The highest BCUT2D eigenvalue weighted by molar-refractivity contribution is 7.15. The van der Waals surface area contributed by atoms with Crippen LogP contribution >= 0.6 is 22.7 Å². The van der Waals surface area contributed by atoms with Gasteiger partial charge in [0.05, 0.1) is 13.0 Å². The molecule has 0 aliphatic heterocycles. The fraction of sp³-hybridized carbons (Fsp3) is 0.438. The van der Waals surface area contributed by atoms with Gasteiger partial charge in [-0.1, -0.05) is 19.9 Å². The molecule has 2 aromatic heterocycles. The van der Waals surface area contributed by atoms with Crippen LogP contribution in [0, 0.1) is 12.8 Å². The lowest BCUT2D eigenvalue weighted by molar-refractivity contribution is -0.134. The predicted octanol–water partition coefficient (Wildman–Crippen LogP) is 3.18. The molecule has 2 heterocycles. The van der Waals surface area contributed by atoms with Crippen molar-refractivity contribution in [3.05, 3.63) is 33.5 Å². The number of thiophene rings is 1. The third-order valence-electron chi connectivity index (χ3n) is 3.05. The number of amides is 2. The van der Waals surface area contributed by atoms with Crippen LogP contribution in [0.15, 0.2) is 23.7 Å². The Balaban J connectivity index is 1.96. The molecule has 0 atom stereocenters. The molecule has 0 fully saturated rings. The molecule has 2 amide bonds. The molecule has 124 valence electrons. The van der Waals surface area contributed by atoms with Gasteiger partial charge < -0.3 is 10.2 Å². The number of hydrogen-bond donors (Lipinski definition) is 1. The normalized spacial score (nSPS) is 10.8. The number of aryl methyl sites for hydroxylation is 1. The zero-order chi connectivity index (χ0) is 16.8. The molecule has 0 aliphatic carbocycles.